The average molecular weight is 209 g/mol. The number of aliphatic hydroxyl groups excluding tert-OH is 1. The number of hydrogen-bond donors (Lipinski definition) is 2. The van der Waals surface area contributed by atoms with Gasteiger partial charge in [-0.25, -0.2) is 4.98 Å². The Labute approximate surface area is 90.8 Å². The number of aliphatic hydroxyl groups is 1. The number of aromatic nitrogens is 2. The minimum absolute atomic E-state index is 0.318. The fourth-order valence-electron chi connectivity index (χ4n) is 1.60. The van der Waals surface area contributed by atoms with Crippen LogP contribution in [0.5, 0.6) is 0 Å². The summed E-state index contributed by atoms with van der Waals surface area (Å²) in [5, 5.41) is 12.9. The highest BCUT2D eigenvalue weighted by Crippen LogP contribution is 2.13. The highest BCUT2D eigenvalue weighted by molar-refractivity contribution is 5.29. The molecule has 0 unspecified atom stereocenters. The predicted molar refractivity (Wildman–Crippen MR) is 60.6 cm³/mol. The molecule has 15 heavy (non-hydrogen) atoms. The minimum atomic E-state index is -0.318. The van der Waals surface area contributed by atoms with Crippen LogP contribution in [0.4, 0.5) is 5.82 Å². The summed E-state index contributed by atoms with van der Waals surface area (Å²) in [4.78, 5) is 8.02. The SMILES string of the molecule is CCC(CC)[C@H](O)CNc1cnccn1. The Morgan fingerprint density at radius 2 is 2.07 bits per heavy atom. The van der Waals surface area contributed by atoms with Gasteiger partial charge in [-0.1, -0.05) is 26.7 Å². The highest BCUT2D eigenvalue weighted by Gasteiger charge is 2.14. The summed E-state index contributed by atoms with van der Waals surface area (Å²) in [6, 6.07) is 0. The molecule has 1 rings (SSSR count). The van der Waals surface area contributed by atoms with E-state index in [2.05, 4.69) is 29.1 Å². The fourth-order valence-corrected chi connectivity index (χ4v) is 1.60. The summed E-state index contributed by atoms with van der Waals surface area (Å²) >= 11 is 0. The van der Waals surface area contributed by atoms with Crippen molar-refractivity contribution in [1.29, 1.82) is 0 Å². The van der Waals surface area contributed by atoms with Crippen LogP contribution in [0.3, 0.4) is 0 Å². The monoisotopic (exact) mass is 209 g/mol. The van der Waals surface area contributed by atoms with Crippen LogP contribution in [0, 0.1) is 5.92 Å². The molecule has 1 aromatic rings. The van der Waals surface area contributed by atoms with E-state index in [1.54, 1.807) is 18.6 Å². The van der Waals surface area contributed by atoms with Crippen molar-refractivity contribution < 1.29 is 5.11 Å². The van der Waals surface area contributed by atoms with E-state index in [0.29, 0.717) is 18.3 Å². The topological polar surface area (TPSA) is 58.0 Å². The Morgan fingerprint density at radius 1 is 1.33 bits per heavy atom. The van der Waals surface area contributed by atoms with Crippen LogP contribution in [0.2, 0.25) is 0 Å². The molecule has 1 atom stereocenters. The fraction of sp³-hybridized carbons (Fsp3) is 0.636. The van der Waals surface area contributed by atoms with Crippen molar-refractivity contribution in [2.45, 2.75) is 32.8 Å². The van der Waals surface area contributed by atoms with Gasteiger partial charge in [-0.15, -0.1) is 0 Å². The van der Waals surface area contributed by atoms with Crippen molar-refractivity contribution in [3.8, 4) is 0 Å². The number of anilines is 1. The van der Waals surface area contributed by atoms with E-state index < -0.39 is 0 Å². The van der Waals surface area contributed by atoms with E-state index in [0.717, 1.165) is 12.8 Å². The summed E-state index contributed by atoms with van der Waals surface area (Å²) in [5.74, 6) is 1.07. The predicted octanol–water partition coefficient (Wildman–Crippen LogP) is 1.69. The number of nitrogens with one attached hydrogen (secondary N) is 1. The maximum atomic E-state index is 9.86. The summed E-state index contributed by atoms with van der Waals surface area (Å²) in [6.07, 6.45) is 6.59. The Kier molecular flexibility index (Phi) is 5.04. The molecule has 4 heteroatoms. The van der Waals surface area contributed by atoms with Gasteiger partial charge in [0.2, 0.25) is 0 Å². The van der Waals surface area contributed by atoms with E-state index in [1.165, 1.54) is 0 Å². The van der Waals surface area contributed by atoms with E-state index in [4.69, 9.17) is 0 Å². The van der Waals surface area contributed by atoms with Gasteiger partial charge < -0.3 is 10.4 Å². The molecule has 0 aliphatic rings. The summed E-state index contributed by atoms with van der Waals surface area (Å²) < 4.78 is 0. The third-order valence-corrected chi connectivity index (χ3v) is 2.65. The van der Waals surface area contributed by atoms with Gasteiger partial charge in [-0.2, -0.15) is 0 Å². The van der Waals surface area contributed by atoms with Crippen molar-refractivity contribution in [1.82, 2.24) is 9.97 Å². The molecule has 0 aliphatic carbocycles. The second-order valence-electron chi connectivity index (χ2n) is 3.62. The highest BCUT2D eigenvalue weighted by atomic mass is 16.3. The van der Waals surface area contributed by atoms with Gasteiger partial charge in [0, 0.05) is 18.9 Å². The lowest BCUT2D eigenvalue weighted by molar-refractivity contribution is 0.114. The first-order valence-corrected chi connectivity index (χ1v) is 5.45. The quantitative estimate of drug-likeness (QED) is 0.748. The lowest BCUT2D eigenvalue weighted by atomic mass is 9.97. The van der Waals surface area contributed by atoms with E-state index in [1.807, 2.05) is 0 Å². The van der Waals surface area contributed by atoms with Crippen LogP contribution in [-0.2, 0) is 0 Å². The van der Waals surface area contributed by atoms with Crippen molar-refractivity contribution in [3.63, 3.8) is 0 Å². The van der Waals surface area contributed by atoms with Gasteiger partial charge in [-0.05, 0) is 5.92 Å². The number of rotatable bonds is 6. The Balaban J connectivity index is 2.36. The van der Waals surface area contributed by atoms with Crippen LogP contribution in [0.1, 0.15) is 26.7 Å². The smallest absolute Gasteiger partial charge is 0.144 e. The lowest BCUT2D eigenvalue weighted by Gasteiger charge is -2.20. The molecule has 0 saturated carbocycles. The Bertz CT molecular complexity index is 262. The summed E-state index contributed by atoms with van der Waals surface area (Å²) in [6.45, 7) is 4.73. The van der Waals surface area contributed by atoms with Crippen LogP contribution in [0.25, 0.3) is 0 Å². The Hall–Kier alpha value is -1.16. The standard InChI is InChI=1S/C11H19N3O/c1-3-9(4-2)10(15)7-14-11-8-12-5-6-13-11/h5-6,8-10,15H,3-4,7H2,1-2H3,(H,13,14)/t10-/m1/s1. The molecule has 1 heterocycles. The number of nitrogens with zero attached hydrogens (tertiary/aromatic N) is 2. The van der Waals surface area contributed by atoms with Crippen LogP contribution in [0.15, 0.2) is 18.6 Å². The number of hydrogen-bond acceptors (Lipinski definition) is 4. The van der Waals surface area contributed by atoms with Crippen molar-refractivity contribution in [3.05, 3.63) is 18.6 Å². The van der Waals surface area contributed by atoms with E-state index >= 15 is 0 Å². The lowest BCUT2D eigenvalue weighted by Crippen LogP contribution is -2.27. The van der Waals surface area contributed by atoms with Gasteiger partial charge in [0.15, 0.2) is 0 Å². The van der Waals surface area contributed by atoms with Crippen molar-refractivity contribution >= 4 is 5.82 Å². The normalized spacial score (nSPS) is 12.8. The zero-order valence-corrected chi connectivity index (χ0v) is 9.35. The Morgan fingerprint density at radius 3 is 2.60 bits per heavy atom. The molecule has 0 fully saturated rings. The largest absolute Gasteiger partial charge is 0.391 e. The minimum Gasteiger partial charge on any atom is -0.391 e. The van der Waals surface area contributed by atoms with Crippen molar-refractivity contribution in [2.24, 2.45) is 5.92 Å². The summed E-state index contributed by atoms with van der Waals surface area (Å²) in [5.41, 5.74) is 0. The molecule has 84 valence electrons. The third-order valence-electron chi connectivity index (χ3n) is 2.65. The molecular formula is C11H19N3O. The van der Waals surface area contributed by atoms with Gasteiger partial charge in [0.25, 0.3) is 0 Å². The van der Waals surface area contributed by atoms with Gasteiger partial charge in [-0.3, -0.25) is 4.98 Å². The van der Waals surface area contributed by atoms with Crippen LogP contribution >= 0.6 is 0 Å². The second kappa shape index (κ2) is 6.35. The average Bonchev–Trinajstić information content (AvgIpc) is 2.29. The molecule has 0 aliphatic heterocycles. The molecule has 0 bridgehead atoms. The van der Waals surface area contributed by atoms with Gasteiger partial charge in [0.05, 0.1) is 12.3 Å². The molecule has 0 aromatic carbocycles. The zero-order valence-electron chi connectivity index (χ0n) is 9.35. The molecule has 0 saturated heterocycles. The van der Waals surface area contributed by atoms with Crippen molar-refractivity contribution in [2.75, 3.05) is 11.9 Å². The third kappa shape index (κ3) is 3.83. The van der Waals surface area contributed by atoms with Crippen LogP contribution in [-0.4, -0.2) is 27.7 Å². The van der Waals surface area contributed by atoms with E-state index in [9.17, 15) is 5.11 Å². The zero-order chi connectivity index (χ0) is 11.1. The molecular weight excluding hydrogens is 190 g/mol. The van der Waals surface area contributed by atoms with Gasteiger partial charge >= 0.3 is 0 Å². The van der Waals surface area contributed by atoms with Gasteiger partial charge in [0.1, 0.15) is 5.82 Å². The van der Waals surface area contributed by atoms with E-state index in [-0.39, 0.29) is 6.10 Å². The summed E-state index contributed by atoms with van der Waals surface area (Å²) in [7, 11) is 0. The van der Waals surface area contributed by atoms with Crippen LogP contribution < -0.4 is 5.32 Å². The first kappa shape index (κ1) is 11.9. The maximum Gasteiger partial charge on any atom is 0.144 e. The molecule has 4 nitrogen and oxygen atoms in total. The maximum absolute atomic E-state index is 9.86. The molecule has 2 N–H and O–H groups in total. The first-order valence-electron chi connectivity index (χ1n) is 5.45. The second-order valence-corrected chi connectivity index (χ2v) is 3.62. The molecule has 0 spiro atoms. The first-order chi connectivity index (χ1) is 7.27. The molecule has 1 aromatic heterocycles. The molecule has 0 radical (unpaired) electrons. The molecule has 0 amide bonds.